The van der Waals surface area contributed by atoms with Gasteiger partial charge in [-0.25, -0.2) is 31.7 Å². The summed E-state index contributed by atoms with van der Waals surface area (Å²) in [4.78, 5) is 20.8. The first-order valence-corrected chi connectivity index (χ1v) is 12.4. The number of carbonyl (C=O) groups is 1. The van der Waals surface area contributed by atoms with Gasteiger partial charge in [0.05, 0.1) is 18.0 Å². The molecule has 2 aliphatic heterocycles. The maximum absolute atomic E-state index is 13.5. The number of carbonyl (C=O) groups excluding carboxylic acids is 1. The molecule has 2 aromatic rings. The van der Waals surface area contributed by atoms with E-state index in [-0.39, 0.29) is 12.1 Å². The molecule has 7 nitrogen and oxygen atoms in total. The monoisotopic (exact) mass is 456 g/mol. The largest absolute Gasteiger partial charge is 0.325 e. The lowest BCUT2D eigenvalue weighted by Gasteiger charge is -2.37. The van der Waals surface area contributed by atoms with Gasteiger partial charge in [-0.1, -0.05) is 0 Å². The molecule has 0 bridgehead atoms. The van der Waals surface area contributed by atoms with E-state index in [9.17, 15) is 22.0 Å². The van der Waals surface area contributed by atoms with Crippen LogP contribution in [0.4, 0.5) is 13.6 Å². The third-order valence-corrected chi connectivity index (χ3v) is 7.03. The molecule has 1 N–H and O–H groups in total. The molecule has 30 heavy (non-hydrogen) atoms. The maximum atomic E-state index is 13.5. The molecule has 162 valence electrons. The highest BCUT2D eigenvalue weighted by Gasteiger charge is 2.41. The van der Waals surface area contributed by atoms with Gasteiger partial charge >= 0.3 is 6.03 Å². The number of nitrogens with zero attached hydrogens (tertiary/aromatic N) is 3. The summed E-state index contributed by atoms with van der Waals surface area (Å²) in [5, 5.41) is 2.25. The minimum Gasteiger partial charge on any atom is -0.325 e. The van der Waals surface area contributed by atoms with E-state index in [1.54, 1.807) is 15.2 Å². The van der Waals surface area contributed by atoms with Gasteiger partial charge in [0.25, 0.3) is 0 Å². The summed E-state index contributed by atoms with van der Waals surface area (Å²) in [7, 11) is -3.44. The van der Waals surface area contributed by atoms with Crippen LogP contribution in [0.5, 0.6) is 0 Å². The highest BCUT2D eigenvalue weighted by atomic mass is 32.2. The van der Waals surface area contributed by atoms with E-state index in [1.165, 1.54) is 23.5 Å². The number of likely N-dealkylation sites (tertiary alicyclic amines) is 2. The number of halogens is 2. The summed E-state index contributed by atoms with van der Waals surface area (Å²) in [5.74, 6) is -1.36. The Balaban J connectivity index is 1.57. The van der Waals surface area contributed by atoms with E-state index < -0.39 is 27.7 Å². The van der Waals surface area contributed by atoms with Crippen LogP contribution in [0.25, 0.3) is 10.6 Å². The number of hydrogen-bond acceptors (Lipinski definition) is 5. The van der Waals surface area contributed by atoms with Crippen LogP contribution < -0.4 is 4.72 Å². The van der Waals surface area contributed by atoms with Crippen molar-refractivity contribution in [2.75, 3.05) is 25.9 Å². The van der Waals surface area contributed by atoms with Gasteiger partial charge in [0.2, 0.25) is 10.0 Å². The topological polar surface area (TPSA) is 82.6 Å². The zero-order valence-electron chi connectivity index (χ0n) is 16.3. The normalized spacial score (nSPS) is 21.7. The first kappa shape index (κ1) is 21.1. The van der Waals surface area contributed by atoms with Gasteiger partial charge in [0.1, 0.15) is 16.6 Å². The maximum Gasteiger partial charge on any atom is 0.320 e. The van der Waals surface area contributed by atoms with Crippen molar-refractivity contribution in [1.29, 1.82) is 0 Å². The Bertz CT molecular complexity index is 1040. The SMILES string of the molecule is CS(=O)(=O)NC1CCN(C(=O)N2CCC2)C1Cc1csc(-c2cc(F)cc(F)c2)n1. The molecule has 0 saturated carbocycles. The second kappa shape index (κ2) is 8.20. The molecule has 3 heterocycles. The first-order chi connectivity index (χ1) is 14.2. The lowest BCUT2D eigenvalue weighted by molar-refractivity contribution is 0.120. The highest BCUT2D eigenvalue weighted by Crippen LogP contribution is 2.29. The molecule has 1 aromatic carbocycles. The third kappa shape index (κ3) is 4.62. The van der Waals surface area contributed by atoms with Crippen LogP contribution in [0.3, 0.4) is 0 Å². The second-order valence-electron chi connectivity index (χ2n) is 7.68. The van der Waals surface area contributed by atoms with Crippen LogP contribution in [0.1, 0.15) is 18.5 Å². The molecule has 0 spiro atoms. The molecular formula is C19H22F2N4O3S2. The molecule has 2 amide bonds. The van der Waals surface area contributed by atoms with E-state index in [0.717, 1.165) is 18.7 Å². The van der Waals surface area contributed by atoms with Gasteiger partial charge in [0.15, 0.2) is 0 Å². The molecular weight excluding hydrogens is 434 g/mol. The molecule has 4 rings (SSSR count). The lowest BCUT2D eigenvalue weighted by Crippen LogP contribution is -2.54. The zero-order valence-corrected chi connectivity index (χ0v) is 18.0. The average Bonchev–Trinajstić information content (AvgIpc) is 3.19. The van der Waals surface area contributed by atoms with Crippen molar-refractivity contribution in [2.45, 2.75) is 31.3 Å². The highest BCUT2D eigenvalue weighted by molar-refractivity contribution is 7.88. The van der Waals surface area contributed by atoms with Crippen molar-refractivity contribution in [1.82, 2.24) is 19.5 Å². The van der Waals surface area contributed by atoms with Gasteiger partial charge < -0.3 is 9.80 Å². The Kier molecular flexibility index (Phi) is 5.78. The summed E-state index contributed by atoms with van der Waals surface area (Å²) in [6.45, 7) is 1.87. The smallest absolute Gasteiger partial charge is 0.320 e. The molecule has 2 unspecified atom stereocenters. The molecule has 0 radical (unpaired) electrons. The summed E-state index contributed by atoms with van der Waals surface area (Å²) in [5.41, 5.74) is 0.989. The standard InChI is InChI=1S/C19H22F2N4O3S2/c1-30(27,28)23-16-3-6-25(19(26)24-4-2-5-24)17(16)10-15-11-29-18(22-15)12-7-13(20)9-14(21)8-12/h7-9,11,16-17,23H,2-6,10H2,1H3. The Hall–Kier alpha value is -2.11. The number of amides is 2. The fraction of sp³-hybridized carbons (Fsp3) is 0.474. The fourth-order valence-electron chi connectivity index (χ4n) is 3.87. The number of hydrogen-bond donors (Lipinski definition) is 1. The first-order valence-electron chi connectivity index (χ1n) is 9.63. The lowest BCUT2D eigenvalue weighted by atomic mass is 10.1. The number of rotatable bonds is 5. The molecule has 2 aliphatic rings. The van der Waals surface area contributed by atoms with E-state index in [2.05, 4.69) is 9.71 Å². The molecule has 1 aromatic heterocycles. The summed E-state index contributed by atoms with van der Waals surface area (Å²) in [6, 6.07) is 2.35. The second-order valence-corrected chi connectivity index (χ2v) is 10.3. The van der Waals surface area contributed by atoms with Crippen LogP contribution in [0, 0.1) is 11.6 Å². The Labute approximate surface area is 177 Å². The minimum atomic E-state index is -3.44. The molecule has 11 heteroatoms. The van der Waals surface area contributed by atoms with Crippen molar-refractivity contribution < 1.29 is 22.0 Å². The number of thiazole rings is 1. The van der Waals surface area contributed by atoms with E-state index in [4.69, 9.17) is 0 Å². The summed E-state index contributed by atoms with van der Waals surface area (Å²) >= 11 is 1.25. The molecule has 2 fully saturated rings. The van der Waals surface area contributed by atoms with Crippen molar-refractivity contribution in [3.63, 3.8) is 0 Å². The number of urea groups is 1. The van der Waals surface area contributed by atoms with E-state index in [0.29, 0.717) is 48.7 Å². The number of benzene rings is 1. The number of sulfonamides is 1. The van der Waals surface area contributed by atoms with Gasteiger partial charge in [-0.3, -0.25) is 0 Å². The molecule has 0 aliphatic carbocycles. The zero-order chi connectivity index (χ0) is 21.5. The van der Waals surface area contributed by atoms with E-state index >= 15 is 0 Å². The average molecular weight is 457 g/mol. The van der Waals surface area contributed by atoms with Crippen LogP contribution in [-0.4, -0.2) is 67.2 Å². The van der Waals surface area contributed by atoms with Crippen LogP contribution in [0.2, 0.25) is 0 Å². The third-order valence-electron chi connectivity index (χ3n) is 5.36. The van der Waals surface area contributed by atoms with E-state index in [1.807, 2.05) is 0 Å². The summed E-state index contributed by atoms with van der Waals surface area (Å²) < 4.78 is 53.3. The van der Waals surface area contributed by atoms with Gasteiger partial charge in [-0.05, 0) is 25.0 Å². The molecule has 2 saturated heterocycles. The van der Waals surface area contributed by atoms with Crippen molar-refractivity contribution in [3.8, 4) is 10.6 Å². The number of aromatic nitrogens is 1. The predicted molar refractivity (Wildman–Crippen MR) is 110 cm³/mol. The van der Waals surface area contributed by atoms with Crippen LogP contribution in [-0.2, 0) is 16.4 Å². The van der Waals surface area contributed by atoms with Gasteiger partial charge in [-0.15, -0.1) is 11.3 Å². The van der Waals surface area contributed by atoms with Crippen molar-refractivity contribution in [2.24, 2.45) is 0 Å². The quantitative estimate of drug-likeness (QED) is 0.749. The Morgan fingerprint density at radius 2 is 1.93 bits per heavy atom. The van der Waals surface area contributed by atoms with Crippen molar-refractivity contribution in [3.05, 3.63) is 40.9 Å². The van der Waals surface area contributed by atoms with Gasteiger partial charge in [0, 0.05) is 49.1 Å². The predicted octanol–water partition coefficient (Wildman–Crippen LogP) is 2.45. The number of nitrogens with one attached hydrogen (secondary N) is 1. The van der Waals surface area contributed by atoms with Crippen LogP contribution >= 0.6 is 11.3 Å². The fourth-order valence-corrected chi connectivity index (χ4v) is 5.52. The summed E-state index contributed by atoms with van der Waals surface area (Å²) in [6.07, 6.45) is 2.93. The van der Waals surface area contributed by atoms with Crippen molar-refractivity contribution >= 4 is 27.4 Å². The van der Waals surface area contributed by atoms with Crippen LogP contribution in [0.15, 0.2) is 23.6 Å². The minimum absolute atomic E-state index is 0.0910. The van der Waals surface area contributed by atoms with Gasteiger partial charge in [-0.2, -0.15) is 0 Å². The Morgan fingerprint density at radius 3 is 2.53 bits per heavy atom. The Morgan fingerprint density at radius 1 is 1.23 bits per heavy atom. The molecule has 2 atom stereocenters.